The summed E-state index contributed by atoms with van der Waals surface area (Å²) in [6.45, 7) is 3.87. The molecule has 2 heterocycles. The van der Waals surface area contributed by atoms with Crippen LogP contribution in [-0.4, -0.2) is 22.3 Å². The van der Waals surface area contributed by atoms with Crippen LogP contribution in [0.15, 0.2) is 12.5 Å². The largest absolute Gasteiger partial charge is 0.378 e. The van der Waals surface area contributed by atoms with Gasteiger partial charge >= 0.3 is 0 Å². The molecule has 15 heavy (non-hydrogen) atoms. The lowest BCUT2D eigenvalue weighted by atomic mass is 10.2. The van der Waals surface area contributed by atoms with Crippen LogP contribution in [0.25, 0.3) is 0 Å². The quantitative estimate of drug-likeness (QED) is 0.817. The second-order valence-corrected chi connectivity index (χ2v) is 4.22. The summed E-state index contributed by atoms with van der Waals surface area (Å²) in [5.41, 5.74) is 6.96. The molecule has 4 heteroatoms. The smallest absolute Gasteiger partial charge is 0.0948 e. The van der Waals surface area contributed by atoms with Crippen LogP contribution in [0.3, 0.4) is 0 Å². The molecule has 84 valence electrons. The fraction of sp³-hybridized carbons (Fsp3) is 0.727. The van der Waals surface area contributed by atoms with Crippen LogP contribution in [0.2, 0.25) is 0 Å². The SMILES string of the molecule is CC(N)c1cncn1CCC1CCCO1. The minimum atomic E-state index is 0.0528. The number of aromatic nitrogens is 2. The van der Waals surface area contributed by atoms with Crippen molar-refractivity contribution >= 4 is 0 Å². The van der Waals surface area contributed by atoms with Gasteiger partial charge in [0.1, 0.15) is 0 Å². The predicted octanol–water partition coefficient (Wildman–Crippen LogP) is 1.47. The zero-order valence-electron chi connectivity index (χ0n) is 9.22. The molecule has 2 rings (SSSR count). The molecule has 2 atom stereocenters. The van der Waals surface area contributed by atoms with Gasteiger partial charge in [0.2, 0.25) is 0 Å². The first-order valence-corrected chi connectivity index (χ1v) is 5.64. The summed E-state index contributed by atoms with van der Waals surface area (Å²) in [6.07, 6.45) is 7.61. The number of imidazole rings is 1. The molecular formula is C11H19N3O. The van der Waals surface area contributed by atoms with Gasteiger partial charge in [-0.05, 0) is 26.2 Å². The van der Waals surface area contributed by atoms with Crippen molar-refractivity contribution in [3.63, 3.8) is 0 Å². The van der Waals surface area contributed by atoms with Gasteiger partial charge in [-0.3, -0.25) is 0 Å². The Hall–Kier alpha value is -0.870. The second-order valence-electron chi connectivity index (χ2n) is 4.22. The standard InChI is InChI=1S/C11H19N3O/c1-9(12)11-7-13-8-14(11)5-4-10-3-2-6-15-10/h7-10H,2-6,12H2,1H3. The highest BCUT2D eigenvalue weighted by Crippen LogP contribution is 2.17. The maximum Gasteiger partial charge on any atom is 0.0948 e. The molecule has 2 unspecified atom stereocenters. The summed E-state index contributed by atoms with van der Waals surface area (Å²) >= 11 is 0. The van der Waals surface area contributed by atoms with Crippen LogP contribution in [0.4, 0.5) is 0 Å². The summed E-state index contributed by atoms with van der Waals surface area (Å²) in [5.74, 6) is 0. The van der Waals surface area contributed by atoms with E-state index in [0.717, 1.165) is 25.3 Å². The van der Waals surface area contributed by atoms with Crippen molar-refractivity contribution < 1.29 is 4.74 Å². The Labute approximate surface area is 90.4 Å². The summed E-state index contributed by atoms with van der Waals surface area (Å²) in [4.78, 5) is 4.13. The second kappa shape index (κ2) is 4.77. The van der Waals surface area contributed by atoms with Crippen LogP contribution in [0, 0.1) is 0 Å². The molecule has 0 aromatic carbocycles. The Bertz CT molecular complexity index is 303. The number of ether oxygens (including phenoxy) is 1. The number of rotatable bonds is 4. The first-order valence-electron chi connectivity index (χ1n) is 5.64. The molecule has 1 saturated heterocycles. The minimum absolute atomic E-state index is 0.0528. The average Bonchev–Trinajstić information content (AvgIpc) is 2.86. The van der Waals surface area contributed by atoms with Crippen molar-refractivity contribution in [3.8, 4) is 0 Å². The van der Waals surface area contributed by atoms with E-state index in [1.807, 2.05) is 19.4 Å². The van der Waals surface area contributed by atoms with Crippen molar-refractivity contribution in [3.05, 3.63) is 18.2 Å². The molecule has 2 N–H and O–H groups in total. The van der Waals surface area contributed by atoms with Crippen molar-refractivity contribution in [2.45, 2.75) is 44.9 Å². The molecule has 0 spiro atoms. The maximum absolute atomic E-state index is 5.85. The number of hydrogen-bond acceptors (Lipinski definition) is 3. The van der Waals surface area contributed by atoms with Gasteiger partial charge in [0.05, 0.1) is 18.1 Å². The predicted molar refractivity (Wildman–Crippen MR) is 58.4 cm³/mol. The van der Waals surface area contributed by atoms with Crippen LogP contribution < -0.4 is 5.73 Å². The van der Waals surface area contributed by atoms with E-state index in [9.17, 15) is 0 Å². The van der Waals surface area contributed by atoms with Crippen molar-refractivity contribution in [2.75, 3.05) is 6.61 Å². The van der Waals surface area contributed by atoms with Gasteiger partial charge in [0, 0.05) is 25.4 Å². The fourth-order valence-electron chi connectivity index (χ4n) is 2.05. The first kappa shape index (κ1) is 10.6. The van der Waals surface area contributed by atoms with E-state index < -0.39 is 0 Å². The van der Waals surface area contributed by atoms with Crippen LogP contribution >= 0.6 is 0 Å². The van der Waals surface area contributed by atoms with E-state index in [-0.39, 0.29) is 6.04 Å². The van der Waals surface area contributed by atoms with Gasteiger partial charge in [0.15, 0.2) is 0 Å². The normalized spacial score (nSPS) is 23.2. The molecule has 0 aliphatic carbocycles. The summed E-state index contributed by atoms with van der Waals surface area (Å²) in [7, 11) is 0. The number of nitrogens with two attached hydrogens (primary N) is 1. The van der Waals surface area contributed by atoms with Gasteiger partial charge in [-0.15, -0.1) is 0 Å². The van der Waals surface area contributed by atoms with E-state index in [1.54, 1.807) is 0 Å². The number of nitrogens with zero attached hydrogens (tertiary/aromatic N) is 2. The van der Waals surface area contributed by atoms with Gasteiger partial charge in [-0.2, -0.15) is 0 Å². The third-order valence-corrected chi connectivity index (χ3v) is 2.93. The minimum Gasteiger partial charge on any atom is -0.378 e. The van der Waals surface area contributed by atoms with Gasteiger partial charge in [-0.1, -0.05) is 0 Å². The lowest BCUT2D eigenvalue weighted by Crippen LogP contribution is -2.15. The molecule has 0 amide bonds. The molecule has 1 aliphatic rings. The molecular weight excluding hydrogens is 190 g/mol. The topological polar surface area (TPSA) is 53.1 Å². The van der Waals surface area contributed by atoms with E-state index >= 15 is 0 Å². The van der Waals surface area contributed by atoms with E-state index in [4.69, 9.17) is 10.5 Å². The monoisotopic (exact) mass is 209 g/mol. The molecule has 4 nitrogen and oxygen atoms in total. The highest BCUT2D eigenvalue weighted by Gasteiger charge is 2.16. The van der Waals surface area contributed by atoms with E-state index in [0.29, 0.717) is 6.10 Å². The van der Waals surface area contributed by atoms with Crippen molar-refractivity contribution in [1.29, 1.82) is 0 Å². The van der Waals surface area contributed by atoms with Crippen LogP contribution in [-0.2, 0) is 11.3 Å². The fourth-order valence-corrected chi connectivity index (χ4v) is 2.05. The van der Waals surface area contributed by atoms with Gasteiger partial charge in [-0.25, -0.2) is 4.98 Å². The Morgan fingerprint density at radius 1 is 1.73 bits per heavy atom. The Morgan fingerprint density at radius 3 is 3.27 bits per heavy atom. The molecule has 0 radical (unpaired) electrons. The van der Waals surface area contributed by atoms with Crippen molar-refractivity contribution in [2.24, 2.45) is 5.73 Å². The third kappa shape index (κ3) is 2.58. The molecule has 1 aliphatic heterocycles. The molecule has 1 aromatic heterocycles. The summed E-state index contributed by atoms with van der Waals surface area (Å²) in [6, 6.07) is 0.0528. The Kier molecular flexibility index (Phi) is 3.38. The number of aryl methyl sites for hydroxylation is 1. The summed E-state index contributed by atoms with van der Waals surface area (Å²) in [5, 5.41) is 0. The van der Waals surface area contributed by atoms with Crippen LogP contribution in [0.1, 0.15) is 37.9 Å². The average molecular weight is 209 g/mol. The highest BCUT2D eigenvalue weighted by molar-refractivity contribution is 5.03. The molecule has 1 fully saturated rings. The molecule has 0 bridgehead atoms. The molecule has 1 aromatic rings. The lowest BCUT2D eigenvalue weighted by molar-refractivity contribution is 0.100. The zero-order chi connectivity index (χ0) is 10.7. The number of hydrogen-bond donors (Lipinski definition) is 1. The maximum atomic E-state index is 5.85. The van der Waals surface area contributed by atoms with Gasteiger partial charge in [0.25, 0.3) is 0 Å². The third-order valence-electron chi connectivity index (χ3n) is 2.93. The van der Waals surface area contributed by atoms with Gasteiger partial charge < -0.3 is 15.0 Å². The highest BCUT2D eigenvalue weighted by atomic mass is 16.5. The Balaban J connectivity index is 1.89. The van der Waals surface area contributed by atoms with E-state index in [2.05, 4.69) is 9.55 Å². The van der Waals surface area contributed by atoms with Crippen molar-refractivity contribution in [1.82, 2.24) is 9.55 Å². The summed E-state index contributed by atoms with van der Waals surface area (Å²) < 4.78 is 7.72. The Morgan fingerprint density at radius 2 is 2.60 bits per heavy atom. The molecule has 0 saturated carbocycles. The van der Waals surface area contributed by atoms with E-state index in [1.165, 1.54) is 12.8 Å². The lowest BCUT2D eigenvalue weighted by Gasteiger charge is -2.13. The first-order chi connectivity index (χ1) is 7.27. The zero-order valence-corrected chi connectivity index (χ0v) is 9.22. The van der Waals surface area contributed by atoms with Crippen LogP contribution in [0.5, 0.6) is 0 Å².